The summed E-state index contributed by atoms with van der Waals surface area (Å²) in [5.41, 5.74) is 1.97. The van der Waals surface area contributed by atoms with Crippen LogP contribution in [-0.2, 0) is 4.74 Å². The summed E-state index contributed by atoms with van der Waals surface area (Å²) < 4.78 is 7.50. The molecule has 0 aliphatic rings. The van der Waals surface area contributed by atoms with Crippen LogP contribution < -0.4 is 0 Å². The number of fused-ring (bicyclic) bond motifs is 1. The lowest BCUT2D eigenvalue weighted by molar-refractivity contribution is 0.0269. The summed E-state index contributed by atoms with van der Waals surface area (Å²) in [6, 6.07) is 8.02. The molecule has 0 saturated heterocycles. The summed E-state index contributed by atoms with van der Waals surface area (Å²) in [4.78, 5) is 0. The Hall–Kier alpha value is -1.42. The SMILES string of the molecule is CCCCCCCCC(OC)n1nnc2ccccc21. The Labute approximate surface area is 121 Å². The summed E-state index contributed by atoms with van der Waals surface area (Å²) in [5.74, 6) is 0. The van der Waals surface area contributed by atoms with E-state index in [4.69, 9.17) is 4.74 Å². The van der Waals surface area contributed by atoms with Gasteiger partial charge in [0.2, 0.25) is 0 Å². The highest BCUT2D eigenvalue weighted by Crippen LogP contribution is 2.21. The molecule has 0 saturated carbocycles. The molecule has 0 amide bonds. The summed E-state index contributed by atoms with van der Waals surface area (Å²) >= 11 is 0. The summed E-state index contributed by atoms with van der Waals surface area (Å²) in [7, 11) is 1.75. The molecule has 0 fully saturated rings. The van der Waals surface area contributed by atoms with Crippen molar-refractivity contribution in [2.75, 3.05) is 7.11 Å². The van der Waals surface area contributed by atoms with Gasteiger partial charge >= 0.3 is 0 Å². The van der Waals surface area contributed by atoms with Gasteiger partial charge in [-0.2, -0.15) is 0 Å². The predicted molar refractivity (Wildman–Crippen MR) is 81.6 cm³/mol. The van der Waals surface area contributed by atoms with Crippen molar-refractivity contribution in [3.05, 3.63) is 24.3 Å². The van der Waals surface area contributed by atoms with Gasteiger partial charge in [-0.05, 0) is 25.0 Å². The molecule has 1 unspecified atom stereocenters. The average molecular weight is 275 g/mol. The van der Waals surface area contributed by atoms with E-state index in [0.717, 1.165) is 17.5 Å². The first kappa shape index (κ1) is 15.0. The van der Waals surface area contributed by atoms with Crippen molar-refractivity contribution in [2.45, 2.75) is 58.1 Å². The summed E-state index contributed by atoms with van der Waals surface area (Å²) in [5, 5.41) is 8.43. The maximum atomic E-state index is 5.59. The van der Waals surface area contributed by atoms with E-state index in [1.807, 2.05) is 28.9 Å². The minimum Gasteiger partial charge on any atom is -0.360 e. The third kappa shape index (κ3) is 3.79. The molecule has 0 bridgehead atoms. The number of aromatic nitrogens is 3. The molecular formula is C16H25N3O. The van der Waals surface area contributed by atoms with Crippen LogP contribution in [-0.4, -0.2) is 22.1 Å². The maximum Gasteiger partial charge on any atom is 0.152 e. The van der Waals surface area contributed by atoms with Crippen LogP contribution in [0.15, 0.2) is 24.3 Å². The normalized spacial score (nSPS) is 12.9. The van der Waals surface area contributed by atoms with Crippen molar-refractivity contribution >= 4 is 11.0 Å². The molecule has 2 rings (SSSR count). The van der Waals surface area contributed by atoms with Gasteiger partial charge in [0.1, 0.15) is 5.52 Å². The van der Waals surface area contributed by atoms with Crippen LogP contribution in [0.2, 0.25) is 0 Å². The Morgan fingerprint density at radius 3 is 2.65 bits per heavy atom. The van der Waals surface area contributed by atoms with Crippen molar-refractivity contribution in [2.24, 2.45) is 0 Å². The third-order valence-corrected chi connectivity index (χ3v) is 3.73. The van der Waals surface area contributed by atoms with Crippen LogP contribution >= 0.6 is 0 Å². The van der Waals surface area contributed by atoms with E-state index in [2.05, 4.69) is 17.2 Å². The topological polar surface area (TPSA) is 39.9 Å². The molecule has 0 spiro atoms. The lowest BCUT2D eigenvalue weighted by Gasteiger charge is -2.15. The minimum absolute atomic E-state index is 0.00595. The number of rotatable bonds is 9. The Morgan fingerprint density at radius 1 is 1.10 bits per heavy atom. The molecule has 1 atom stereocenters. The van der Waals surface area contributed by atoms with E-state index in [1.165, 1.54) is 38.5 Å². The van der Waals surface area contributed by atoms with Gasteiger partial charge in [-0.3, -0.25) is 0 Å². The number of hydrogen-bond donors (Lipinski definition) is 0. The predicted octanol–water partition coefficient (Wildman–Crippen LogP) is 4.33. The van der Waals surface area contributed by atoms with Crippen LogP contribution in [0.3, 0.4) is 0 Å². The Balaban J connectivity index is 1.88. The van der Waals surface area contributed by atoms with Gasteiger partial charge < -0.3 is 4.74 Å². The highest BCUT2D eigenvalue weighted by Gasteiger charge is 2.14. The second kappa shape index (κ2) is 8.00. The first-order chi connectivity index (χ1) is 9.86. The maximum absolute atomic E-state index is 5.59. The zero-order valence-electron chi connectivity index (χ0n) is 12.6. The third-order valence-electron chi connectivity index (χ3n) is 3.73. The standard InChI is InChI=1S/C16H25N3O/c1-3-4-5-6-7-8-13-16(20-2)19-15-12-10-9-11-14(15)17-18-19/h9-12,16H,3-8,13H2,1-2H3. The molecule has 4 heteroatoms. The molecule has 110 valence electrons. The highest BCUT2D eigenvalue weighted by atomic mass is 16.5. The fourth-order valence-electron chi connectivity index (χ4n) is 2.54. The second-order valence-electron chi connectivity index (χ2n) is 5.27. The first-order valence-corrected chi connectivity index (χ1v) is 7.69. The van der Waals surface area contributed by atoms with Crippen molar-refractivity contribution in [1.82, 2.24) is 15.0 Å². The average Bonchev–Trinajstić information content (AvgIpc) is 2.91. The molecule has 0 radical (unpaired) electrons. The van der Waals surface area contributed by atoms with Crippen molar-refractivity contribution in [3.8, 4) is 0 Å². The number of methoxy groups -OCH3 is 1. The smallest absolute Gasteiger partial charge is 0.152 e. The number of para-hydroxylation sites is 1. The van der Waals surface area contributed by atoms with Gasteiger partial charge in [-0.1, -0.05) is 56.4 Å². The Morgan fingerprint density at radius 2 is 1.85 bits per heavy atom. The molecular weight excluding hydrogens is 250 g/mol. The fourth-order valence-corrected chi connectivity index (χ4v) is 2.54. The monoisotopic (exact) mass is 275 g/mol. The van der Waals surface area contributed by atoms with E-state index >= 15 is 0 Å². The molecule has 1 aromatic carbocycles. The minimum atomic E-state index is -0.00595. The van der Waals surface area contributed by atoms with E-state index < -0.39 is 0 Å². The van der Waals surface area contributed by atoms with Crippen molar-refractivity contribution in [3.63, 3.8) is 0 Å². The lowest BCUT2D eigenvalue weighted by atomic mass is 10.1. The largest absolute Gasteiger partial charge is 0.360 e. The Bertz CT molecular complexity index is 509. The zero-order chi connectivity index (χ0) is 14.2. The molecule has 0 N–H and O–H groups in total. The Kier molecular flexibility index (Phi) is 5.99. The van der Waals surface area contributed by atoms with Crippen LogP contribution in [0, 0.1) is 0 Å². The zero-order valence-corrected chi connectivity index (χ0v) is 12.6. The summed E-state index contributed by atoms with van der Waals surface area (Å²) in [6.07, 6.45) is 8.75. The molecule has 0 aliphatic heterocycles. The lowest BCUT2D eigenvalue weighted by Crippen LogP contribution is -2.12. The van der Waals surface area contributed by atoms with E-state index in [1.54, 1.807) is 7.11 Å². The molecule has 2 aromatic rings. The van der Waals surface area contributed by atoms with Crippen molar-refractivity contribution < 1.29 is 4.74 Å². The van der Waals surface area contributed by atoms with Gasteiger partial charge in [0.25, 0.3) is 0 Å². The number of hydrogen-bond acceptors (Lipinski definition) is 3. The van der Waals surface area contributed by atoms with Crippen LogP contribution in [0.4, 0.5) is 0 Å². The van der Waals surface area contributed by atoms with E-state index in [9.17, 15) is 0 Å². The molecule has 20 heavy (non-hydrogen) atoms. The van der Waals surface area contributed by atoms with Gasteiger partial charge in [-0.25, -0.2) is 4.68 Å². The quantitative estimate of drug-likeness (QED) is 0.640. The van der Waals surface area contributed by atoms with E-state index in [0.29, 0.717) is 0 Å². The molecule has 0 aliphatic carbocycles. The van der Waals surface area contributed by atoms with Gasteiger partial charge in [0, 0.05) is 7.11 Å². The number of unbranched alkanes of at least 4 members (excludes halogenated alkanes) is 5. The van der Waals surface area contributed by atoms with Crippen molar-refractivity contribution in [1.29, 1.82) is 0 Å². The van der Waals surface area contributed by atoms with Gasteiger partial charge in [-0.15, -0.1) is 5.10 Å². The van der Waals surface area contributed by atoms with Gasteiger partial charge in [0.15, 0.2) is 6.23 Å². The summed E-state index contributed by atoms with van der Waals surface area (Å²) in [6.45, 7) is 2.25. The number of benzene rings is 1. The van der Waals surface area contributed by atoms with Crippen LogP contribution in [0.5, 0.6) is 0 Å². The van der Waals surface area contributed by atoms with Crippen LogP contribution in [0.25, 0.3) is 11.0 Å². The number of nitrogens with zero attached hydrogens (tertiary/aromatic N) is 3. The first-order valence-electron chi connectivity index (χ1n) is 7.69. The molecule has 1 heterocycles. The van der Waals surface area contributed by atoms with E-state index in [-0.39, 0.29) is 6.23 Å². The van der Waals surface area contributed by atoms with Gasteiger partial charge in [0.05, 0.1) is 5.52 Å². The molecule has 4 nitrogen and oxygen atoms in total. The highest BCUT2D eigenvalue weighted by molar-refractivity contribution is 5.73. The number of ether oxygens (including phenoxy) is 1. The fraction of sp³-hybridized carbons (Fsp3) is 0.625. The van der Waals surface area contributed by atoms with Crippen LogP contribution in [0.1, 0.15) is 58.1 Å². The second-order valence-corrected chi connectivity index (χ2v) is 5.27. The molecule has 1 aromatic heterocycles.